The molecule has 1 unspecified atom stereocenters. The van der Waals surface area contributed by atoms with Gasteiger partial charge in [-0.1, -0.05) is 12.1 Å². The largest absolute Gasteiger partial charge is 0.322 e. The number of hydrogen-bond acceptors (Lipinski definition) is 2. The van der Waals surface area contributed by atoms with Crippen LogP contribution in [0.15, 0.2) is 24.3 Å². The highest BCUT2D eigenvalue weighted by Gasteiger charge is 2.35. The van der Waals surface area contributed by atoms with E-state index in [0.717, 1.165) is 0 Å². The molecule has 5 heteroatoms. The second kappa shape index (κ2) is 5.61. The summed E-state index contributed by atoms with van der Waals surface area (Å²) < 4.78 is 13.4. The number of urea groups is 1. The third-order valence-corrected chi connectivity index (χ3v) is 4.27. The molecule has 1 fully saturated rings. The fourth-order valence-electron chi connectivity index (χ4n) is 1.93. The van der Waals surface area contributed by atoms with E-state index < -0.39 is 5.82 Å². The lowest BCUT2D eigenvalue weighted by Gasteiger charge is -2.26. The maximum atomic E-state index is 13.4. The summed E-state index contributed by atoms with van der Waals surface area (Å²) in [5.74, 6) is 0.169. The van der Waals surface area contributed by atoms with Crippen molar-refractivity contribution in [2.75, 3.05) is 18.6 Å². The molecule has 1 atom stereocenters. The van der Waals surface area contributed by atoms with Crippen molar-refractivity contribution in [2.24, 2.45) is 5.92 Å². The molecule has 18 heavy (non-hydrogen) atoms. The van der Waals surface area contributed by atoms with Crippen molar-refractivity contribution in [3.05, 3.63) is 30.1 Å². The summed E-state index contributed by atoms with van der Waals surface area (Å²) in [6, 6.07) is 5.94. The first-order chi connectivity index (χ1) is 8.63. The predicted molar refractivity (Wildman–Crippen MR) is 73.2 cm³/mol. The summed E-state index contributed by atoms with van der Waals surface area (Å²) in [4.78, 5) is 13.7. The third-order valence-electron chi connectivity index (χ3n) is 3.08. The monoisotopic (exact) mass is 268 g/mol. The molecule has 0 spiro atoms. The van der Waals surface area contributed by atoms with Crippen LogP contribution in [0.3, 0.4) is 0 Å². The Morgan fingerprint density at radius 2 is 2.17 bits per heavy atom. The van der Waals surface area contributed by atoms with Crippen LogP contribution in [-0.2, 0) is 0 Å². The van der Waals surface area contributed by atoms with Crippen LogP contribution in [0.2, 0.25) is 0 Å². The zero-order chi connectivity index (χ0) is 13.1. The smallest absolute Gasteiger partial charge is 0.315 e. The normalized spacial score (nSPS) is 16.2. The van der Waals surface area contributed by atoms with E-state index in [1.54, 1.807) is 41.9 Å². The van der Waals surface area contributed by atoms with Crippen LogP contribution in [0.4, 0.5) is 14.9 Å². The molecule has 0 bridgehead atoms. The van der Waals surface area contributed by atoms with E-state index in [1.165, 1.54) is 18.9 Å². The van der Waals surface area contributed by atoms with Crippen LogP contribution in [0.25, 0.3) is 0 Å². The Hall–Kier alpha value is -1.23. The number of nitrogens with one attached hydrogen (secondary N) is 1. The average molecular weight is 268 g/mol. The van der Waals surface area contributed by atoms with Gasteiger partial charge in [0.05, 0.1) is 11.1 Å². The predicted octanol–water partition coefficient (Wildman–Crippen LogP) is 3.39. The van der Waals surface area contributed by atoms with E-state index in [1.807, 2.05) is 6.26 Å². The summed E-state index contributed by atoms with van der Waals surface area (Å²) in [7, 11) is 1.76. The van der Waals surface area contributed by atoms with Crippen molar-refractivity contribution in [3.63, 3.8) is 0 Å². The van der Waals surface area contributed by atoms with Crippen LogP contribution < -0.4 is 5.32 Å². The number of para-hydroxylation sites is 1. The molecule has 0 heterocycles. The maximum Gasteiger partial charge on any atom is 0.322 e. The summed E-state index contributed by atoms with van der Waals surface area (Å²) >= 11 is 1.66. The van der Waals surface area contributed by atoms with E-state index in [2.05, 4.69) is 5.32 Å². The van der Waals surface area contributed by atoms with Gasteiger partial charge in [-0.2, -0.15) is 0 Å². The molecular formula is C13H17FN2OS. The number of hydrogen-bond donors (Lipinski definition) is 1. The quantitative estimate of drug-likeness (QED) is 0.849. The Morgan fingerprint density at radius 1 is 1.50 bits per heavy atom. The highest BCUT2D eigenvalue weighted by atomic mass is 32.2. The maximum absolute atomic E-state index is 13.4. The van der Waals surface area contributed by atoms with E-state index in [9.17, 15) is 9.18 Å². The lowest BCUT2D eigenvalue weighted by atomic mass is 10.3. The standard InChI is InChI=1S/C13H17FN2OS/c1-16(12(18-2)9-7-8-9)13(17)15-11-6-4-3-5-10(11)14/h3-6,9,12H,7-8H2,1-2H3,(H,15,17). The molecule has 1 aromatic rings. The minimum Gasteiger partial charge on any atom is -0.315 e. The van der Waals surface area contributed by atoms with Crippen LogP contribution in [-0.4, -0.2) is 29.6 Å². The van der Waals surface area contributed by atoms with Crippen molar-refractivity contribution in [1.82, 2.24) is 4.90 Å². The van der Waals surface area contributed by atoms with Gasteiger partial charge < -0.3 is 10.2 Å². The molecule has 3 nitrogen and oxygen atoms in total. The summed E-state index contributed by atoms with van der Waals surface area (Å²) in [5, 5.41) is 2.78. The SMILES string of the molecule is CSC(C1CC1)N(C)C(=O)Nc1ccccc1F. The first-order valence-electron chi connectivity index (χ1n) is 5.94. The van der Waals surface area contributed by atoms with Crippen molar-refractivity contribution in [2.45, 2.75) is 18.2 Å². The van der Waals surface area contributed by atoms with Gasteiger partial charge in [-0.15, -0.1) is 11.8 Å². The number of thioether (sulfide) groups is 1. The Morgan fingerprint density at radius 3 is 2.72 bits per heavy atom. The minimum absolute atomic E-state index is 0.178. The van der Waals surface area contributed by atoms with Gasteiger partial charge in [0.15, 0.2) is 0 Å². The second-order valence-corrected chi connectivity index (χ2v) is 5.44. The van der Waals surface area contributed by atoms with Crippen LogP contribution >= 0.6 is 11.8 Å². The average Bonchev–Trinajstić information content (AvgIpc) is 3.17. The number of nitrogens with zero attached hydrogens (tertiary/aromatic N) is 1. The Labute approximate surface area is 111 Å². The lowest BCUT2D eigenvalue weighted by molar-refractivity contribution is 0.215. The van der Waals surface area contributed by atoms with Crippen molar-refractivity contribution in [1.29, 1.82) is 0 Å². The number of anilines is 1. The number of halogens is 1. The molecule has 0 radical (unpaired) electrons. The number of benzene rings is 1. The molecule has 0 saturated heterocycles. The number of carbonyl (C=O) groups excluding carboxylic acids is 1. The summed E-state index contributed by atoms with van der Waals surface area (Å²) in [6.07, 6.45) is 4.33. The highest BCUT2D eigenvalue weighted by Crippen LogP contribution is 2.39. The summed E-state index contributed by atoms with van der Waals surface area (Å²) in [6.45, 7) is 0. The minimum atomic E-state index is -0.411. The Balaban J connectivity index is 2.00. The van der Waals surface area contributed by atoms with E-state index in [0.29, 0.717) is 5.92 Å². The van der Waals surface area contributed by atoms with Crippen LogP contribution in [0.1, 0.15) is 12.8 Å². The number of carbonyl (C=O) groups is 1. The van der Waals surface area contributed by atoms with Gasteiger partial charge in [-0.3, -0.25) is 0 Å². The highest BCUT2D eigenvalue weighted by molar-refractivity contribution is 7.99. The first-order valence-corrected chi connectivity index (χ1v) is 7.23. The molecule has 1 saturated carbocycles. The first kappa shape index (κ1) is 13.2. The zero-order valence-electron chi connectivity index (χ0n) is 10.5. The Kier molecular flexibility index (Phi) is 4.11. The van der Waals surface area contributed by atoms with E-state index >= 15 is 0 Å². The molecule has 0 aromatic heterocycles. The second-order valence-electron chi connectivity index (χ2n) is 4.48. The lowest BCUT2D eigenvalue weighted by Crippen LogP contribution is -2.39. The van der Waals surface area contributed by atoms with Gasteiger partial charge in [-0.25, -0.2) is 9.18 Å². The topological polar surface area (TPSA) is 32.3 Å². The van der Waals surface area contributed by atoms with E-state index in [4.69, 9.17) is 0 Å². The van der Waals surface area contributed by atoms with Crippen LogP contribution in [0, 0.1) is 11.7 Å². The summed E-state index contributed by atoms with van der Waals surface area (Å²) in [5.41, 5.74) is 0.227. The third kappa shape index (κ3) is 2.96. The molecule has 1 N–H and O–H groups in total. The van der Waals surface area contributed by atoms with Crippen molar-refractivity contribution in [3.8, 4) is 0 Å². The van der Waals surface area contributed by atoms with Gasteiger partial charge in [-0.05, 0) is 37.1 Å². The number of amides is 2. The van der Waals surface area contributed by atoms with Gasteiger partial charge in [0.1, 0.15) is 5.82 Å². The molecule has 1 aromatic carbocycles. The molecule has 98 valence electrons. The van der Waals surface area contributed by atoms with Gasteiger partial charge in [0, 0.05) is 7.05 Å². The van der Waals surface area contributed by atoms with Crippen molar-refractivity contribution < 1.29 is 9.18 Å². The molecule has 1 aliphatic rings. The molecule has 0 aliphatic heterocycles. The molecule has 2 amide bonds. The van der Waals surface area contributed by atoms with E-state index in [-0.39, 0.29) is 17.1 Å². The Bertz CT molecular complexity index is 437. The van der Waals surface area contributed by atoms with Gasteiger partial charge >= 0.3 is 6.03 Å². The molecular weight excluding hydrogens is 251 g/mol. The molecule has 2 rings (SSSR count). The fourth-order valence-corrected chi connectivity index (χ4v) is 3.00. The van der Waals surface area contributed by atoms with Crippen LogP contribution in [0.5, 0.6) is 0 Å². The van der Waals surface area contributed by atoms with Gasteiger partial charge in [0.25, 0.3) is 0 Å². The fraction of sp³-hybridized carbons (Fsp3) is 0.462. The molecule has 1 aliphatic carbocycles. The van der Waals surface area contributed by atoms with Gasteiger partial charge in [0.2, 0.25) is 0 Å². The number of rotatable bonds is 4. The van der Waals surface area contributed by atoms with Crippen molar-refractivity contribution >= 4 is 23.5 Å². The zero-order valence-corrected chi connectivity index (χ0v) is 11.3.